The van der Waals surface area contributed by atoms with Gasteiger partial charge in [-0.15, -0.1) is 0 Å². The number of nitrogens with one attached hydrogen (secondary N) is 1. The summed E-state index contributed by atoms with van der Waals surface area (Å²) in [6, 6.07) is 3.38. The molecule has 0 aliphatic heterocycles. The van der Waals surface area contributed by atoms with E-state index in [2.05, 4.69) is 10.4 Å². The first-order valence-electron chi connectivity index (χ1n) is 4.87. The van der Waals surface area contributed by atoms with E-state index in [0.29, 0.717) is 11.4 Å². The maximum atomic E-state index is 11.7. The van der Waals surface area contributed by atoms with Gasteiger partial charge in [-0.05, 0) is 18.6 Å². The Morgan fingerprint density at radius 2 is 2.33 bits per heavy atom. The number of pyridine rings is 1. The van der Waals surface area contributed by atoms with Crippen LogP contribution in [0, 0.1) is 0 Å². The number of carbonyl (C=O) groups is 1. The topological polar surface area (TPSA) is 71.2 Å². The van der Waals surface area contributed by atoms with Crippen molar-refractivity contribution in [3.8, 4) is 0 Å². The van der Waals surface area contributed by atoms with Crippen LogP contribution in [-0.2, 0) is 0 Å². The van der Waals surface area contributed by atoms with Crippen molar-refractivity contribution in [1.29, 1.82) is 0 Å². The van der Waals surface area contributed by atoms with Crippen LogP contribution >= 0.6 is 0 Å². The van der Waals surface area contributed by atoms with E-state index in [-0.39, 0.29) is 5.91 Å². The Morgan fingerprint density at radius 3 is 2.80 bits per heavy atom. The number of amides is 1. The Hall–Kier alpha value is -1.62. The van der Waals surface area contributed by atoms with Gasteiger partial charge in [-0.25, -0.2) is 4.98 Å². The van der Waals surface area contributed by atoms with E-state index in [9.17, 15) is 4.79 Å². The van der Waals surface area contributed by atoms with Crippen molar-refractivity contribution in [2.24, 2.45) is 5.84 Å². The van der Waals surface area contributed by atoms with Gasteiger partial charge in [0, 0.05) is 13.6 Å². The molecule has 1 rings (SSSR count). The third-order valence-electron chi connectivity index (χ3n) is 2.05. The third-order valence-corrected chi connectivity index (χ3v) is 2.05. The highest BCUT2D eigenvalue weighted by atomic mass is 16.2. The molecular formula is C10H16N4O. The largest absolute Gasteiger partial charge is 0.340 e. The lowest BCUT2D eigenvalue weighted by Gasteiger charge is -2.15. The van der Waals surface area contributed by atoms with Crippen molar-refractivity contribution < 1.29 is 4.79 Å². The summed E-state index contributed by atoms with van der Waals surface area (Å²) in [5, 5.41) is 0. The van der Waals surface area contributed by atoms with Gasteiger partial charge in [-0.3, -0.25) is 10.6 Å². The Labute approximate surface area is 89.3 Å². The molecule has 0 saturated heterocycles. The summed E-state index contributed by atoms with van der Waals surface area (Å²) < 4.78 is 0. The lowest BCUT2D eigenvalue weighted by molar-refractivity contribution is 0.0789. The molecule has 15 heavy (non-hydrogen) atoms. The van der Waals surface area contributed by atoms with Gasteiger partial charge in [0.15, 0.2) is 0 Å². The summed E-state index contributed by atoms with van der Waals surface area (Å²) >= 11 is 0. The van der Waals surface area contributed by atoms with E-state index >= 15 is 0 Å². The SMILES string of the molecule is CCCN(C)C(=O)c1ccc(NN)cn1. The molecule has 3 N–H and O–H groups in total. The van der Waals surface area contributed by atoms with E-state index in [4.69, 9.17) is 5.84 Å². The maximum Gasteiger partial charge on any atom is 0.272 e. The molecule has 0 saturated carbocycles. The van der Waals surface area contributed by atoms with Crippen molar-refractivity contribution in [2.45, 2.75) is 13.3 Å². The van der Waals surface area contributed by atoms with Gasteiger partial charge >= 0.3 is 0 Å². The van der Waals surface area contributed by atoms with Crippen LogP contribution < -0.4 is 11.3 Å². The van der Waals surface area contributed by atoms with E-state index < -0.39 is 0 Å². The van der Waals surface area contributed by atoms with Crippen LogP contribution in [0.5, 0.6) is 0 Å². The number of hydrogen-bond acceptors (Lipinski definition) is 4. The number of carbonyl (C=O) groups excluding carboxylic acids is 1. The van der Waals surface area contributed by atoms with E-state index in [0.717, 1.165) is 13.0 Å². The van der Waals surface area contributed by atoms with Crippen LogP contribution in [-0.4, -0.2) is 29.4 Å². The molecule has 1 heterocycles. The van der Waals surface area contributed by atoms with Crippen LogP contribution in [0.1, 0.15) is 23.8 Å². The summed E-state index contributed by atoms with van der Waals surface area (Å²) in [7, 11) is 1.77. The van der Waals surface area contributed by atoms with Crippen molar-refractivity contribution in [3.05, 3.63) is 24.0 Å². The third kappa shape index (κ3) is 2.92. The molecule has 5 nitrogen and oxygen atoms in total. The molecule has 0 aromatic carbocycles. The Bertz CT molecular complexity index is 323. The second kappa shape index (κ2) is 5.31. The van der Waals surface area contributed by atoms with Crippen molar-refractivity contribution >= 4 is 11.6 Å². The summed E-state index contributed by atoms with van der Waals surface area (Å²) in [6.07, 6.45) is 2.47. The average Bonchev–Trinajstić information content (AvgIpc) is 2.28. The smallest absolute Gasteiger partial charge is 0.272 e. The van der Waals surface area contributed by atoms with E-state index in [1.165, 1.54) is 6.20 Å². The molecule has 1 aromatic rings. The standard InChI is InChI=1S/C10H16N4O/c1-3-6-14(2)10(15)9-5-4-8(13-11)7-12-9/h4-5,7,13H,3,6,11H2,1-2H3. The molecule has 1 aromatic heterocycles. The molecule has 0 radical (unpaired) electrons. The number of nitrogens with zero attached hydrogens (tertiary/aromatic N) is 2. The second-order valence-electron chi connectivity index (χ2n) is 3.30. The summed E-state index contributed by atoms with van der Waals surface area (Å²) in [5.74, 6) is 5.13. The number of nitrogens with two attached hydrogens (primary N) is 1. The average molecular weight is 208 g/mol. The van der Waals surface area contributed by atoms with Gasteiger partial charge in [-0.2, -0.15) is 0 Å². The number of nitrogen functional groups attached to an aromatic ring is 1. The first-order chi connectivity index (χ1) is 7.19. The lowest BCUT2D eigenvalue weighted by atomic mass is 10.3. The Morgan fingerprint density at radius 1 is 1.60 bits per heavy atom. The molecule has 0 atom stereocenters. The minimum atomic E-state index is -0.0691. The monoisotopic (exact) mass is 208 g/mol. The highest BCUT2D eigenvalue weighted by Gasteiger charge is 2.11. The molecule has 0 unspecified atom stereocenters. The van der Waals surface area contributed by atoms with Crippen LogP contribution in [0.25, 0.3) is 0 Å². The van der Waals surface area contributed by atoms with Crippen LogP contribution in [0.4, 0.5) is 5.69 Å². The fourth-order valence-corrected chi connectivity index (χ4v) is 1.24. The van der Waals surface area contributed by atoms with Crippen molar-refractivity contribution in [3.63, 3.8) is 0 Å². The van der Waals surface area contributed by atoms with Crippen molar-refractivity contribution in [2.75, 3.05) is 19.0 Å². The van der Waals surface area contributed by atoms with E-state index in [1.807, 2.05) is 6.92 Å². The Kier molecular flexibility index (Phi) is 4.05. The van der Waals surface area contributed by atoms with E-state index in [1.54, 1.807) is 24.1 Å². The summed E-state index contributed by atoms with van der Waals surface area (Å²) in [5.41, 5.74) is 3.58. The first kappa shape index (κ1) is 11.5. The van der Waals surface area contributed by atoms with Crippen LogP contribution in [0.3, 0.4) is 0 Å². The second-order valence-corrected chi connectivity index (χ2v) is 3.30. The van der Waals surface area contributed by atoms with Crippen LogP contribution in [0.15, 0.2) is 18.3 Å². The Balaban J connectivity index is 2.73. The van der Waals surface area contributed by atoms with Gasteiger partial charge in [0.05, 0.1) is 11.9 Å². The zero-order valence-electron chi connectivity index (χ0n) is 9.03. The number of rotatable bonds is 4. The molecular weight excluding hydrogens is 192 g/mol. The number of hydrogen-bond donors (Lipinski definition) is 2. The summed E-state index contributed by atoms with van der Waals surface area (Å²) in [6.45, 7) is 2.76. The normalized spacial score (nSPS) is 9.80. The lowest BCUT2D eigenvalue weighted by Crippen LogP contribution is -2.28. The fourth-order valence-electron chi connectivity index (χ4n) is 1.24. The summed E-state index contributed by atoms with van der Waals surface area (Å²) in [4.78, 5) is 17.4. The minimum absolute atomic E-state index is 0.0691. The van der Waals surface area contributed by atoms with Gasteiger partial charge in [0.2, 0.25) is 0 Å². The molecule has 0 bridgehead atoms. The maximum absolute atomic E-state index is 11.7. The molecule has 5 heteroatoms. The van der Waals surface area contributed by atoms with Gasteiger partial charge in [0.1, 0.15) is 5.69 Å². The zero-order chi connectivity index (χ0) is 11.3. The first-order valence-corrected chi connectivity index (χ1v) is 4.87. The number of hydrazine groups is 1. The van der Waals surface area contributed by atoms with Gasteiger partial charge in [-0.1, -0.05) is 6.92 Å². The predicted molar refractivity (Wildman–Crippen MR) is 59.3 cm³/mol. The molecule has 1 amide bonds. The molecule has 0 aliphatic carbocycles. The zero-order valence-corrected chi connectivity index (χ0v) is 9.03. The predicted octanol–water partition coefficient (Wildman–Crippen LogP) is 0.849. The molecule has 0 spiro atoms. The molecule has 0 aliphatic rings. The van der Waals surface area contributed by atoms with Gasteiger partial charge in [0.25, 0.3) is 5.91 Å². The highest BCUT2D eigenvalue weighted by Crippen LogP contribution is 2.06. The molecule has 0 fully saturated rings. The number of anilines is 1. The van der Waals surface area contributed by atoms with Crippen molar-refractivity contribution in [1.82, 2.24) is 9.88 Å². The van der Waals surface area contributed by atoms with Gasteiger partial charge < -0.3 is 10.3 Å². The fraction of sp³-hybridized carbons (Fsp3) is 0.400. The highest BCUT2D eigenvalue weighted by molar-refractivity contribution is 5.92. The quantitative estimate of drug-likeness (QED) is 0.568. The number of aromatic nitrogens is 1. The minimum Gasteiger partial charge on any atom is -0.340 e. The molecule has 82 valence electrons. The van der Waals surface area contributed by atoms with Crippen LogP contribution in [0.2, 0.25) is 0 Å².